The van der Waals surface area contributed by atoms with Crippen LogP contribution in [-0.2, 0) is 26.1 Å². The molecule has 1 aromatic carbocycles. The maximum absolute atomic E-state index is 13.3. The number of sulfonamides is 1. The van der Waals surface area contributed by atoms with Crippen molar-refractivity contribution >= 4 is 72.2 Å². The lowest BCUT2D eigenvalue weighted by molar-refractivity contribution is -0.122. The molecule has 12 heteroatoms. The zero-order valence-electron chi connectivity index (χ0n) is 18.2. The summed E-state index contributed by atoms with van der Waals surface area (Å²) in [5.41, 5.74) is 0.975. The van der Waals surface area contributed by atoms with Crippen LogP contribution in [-0.4, -0.2) is 55.8 Å². The van der Waals surface area contributed by atoms with E-state index in [0.29, 0.717) is 35.1 Å². The fourth-order valence-corrected chi connectivity index (χ4v) is 8.70. The molecule has 0 radical (unpaired) electrons. The predicted molar refractivity (Wildman–Crippen MR) is 135 cm³/mol. The summed E-state index contributed by atoms with van der Waals surface area (Å²) in [7, 11) is -2.20. The standard InChI is InChI=1S/C21H24ClN3O4S4/c1-29-12-11-24-15-7-6-14(30-2)13-17(15)31-21(24)23-20(26)16-5-3-4-10-25(16)33(27,28)19-9-8-18(22)32-19/h6-9,13,16H,3-5,10-12H2,1-2H3. The van der Waals surface area contributed by atoms with Gasteiger partial charge in [0.25, 0.3) is 15.9 Å². The number of amides is 1. The Kier molecular flexibility index (Phi) is 7.99. The summed E-state index contributed by atoms with van der Waals surface area (Å²) in [6, 6.07) is 8.36. The van der Waals surface area contributed by atoms with E-state index in [2.05, 4.69) is 11.1 Å². The summed E-state index contributed by atoms with van der Waals surface area (Å²) >= 11 is 10.0. The molecule has 1 unspecified atom stereocenters. The van der Waals surface area contributed by atoms with Crippen molar-refractivity contribution in [3.05, 3.63) is 39.5 Å². The summed E-state index contributed by atoms with van der Waals surface area (Å²) in [6.07, 6.45) is 3.94. The number of halogens is 1. The smallest absolute Gasteiger partial charge is 0.266 e. The van der Waals surface area contributed by atoms with Gasteiger partial charge in [-0.05, 0) is 49.4 Å². The molecule has 1 amide bonds. The zero-order valence-corrected chi connectivity index (χ0v) is 22.2. The van der Waals surface area contributed by atoms with Gasteiger partial charge in [0.2, 0.25) is 0 Å². The first-order valence-corrected chi connectivity index (χ1v) is 15.0. The fourth-order valence-electron chi connectivity index (χ4n) is 3.82. The van der Waals surface area contributed by atoms with Gasteiger partial charge in [-0.25, -0.2) is 8.42 Å². The van der Waals surface area contributed by atoms with Crippen LogP contribution < -0.4 is 4.80 Å². The lowest BCUT2D eigenvalue weighted by Gasteiger charge is -2.31. The van der Waals surface area contributed by atoms with Crippen LogP contribution >= 0.6 is 46.0 Å². The molecule has 7 nitrogen and oxygen atoms in total. The number of carbonyl (C=O) groups excluding carboxylic acids is 1. The average molecular weight is 546 g/mol. The SMILES string of the molecule is COCCn1c(=NC(=O)C2CCCCN2S(=O)(=O)c2ccc(Cl)s2)sc2cc(SC)ccc21. The van der Waals surface area contributed by atoms with E-state index in [0.717, 1.165) is 32.9 Å². The van der Waals surface area contributed by atoms with Crippen molar-refractivity contribution in [2.24, 2.45) is 4.99 Å². The first kappa shape index (κ1) is 24.9. The second-order valence-corrected chi connectivity index (χ2v) is 13.2. The van der Waals surface area contributed by atoms with Gasteiger partial charge in [-0.1, -0.05) is 29.4 Å². The molecular weight excluding hydrogens is 522 g/mol. The second-order valence-electron chi connectivity index (χ2n) is 7.50. The van der Waals surface area contributed by atoms with Crippen molar-refractivity contribution in [1.82, 2.24) is 8.87 Å². The number of methoxy groups -OCH3 is 1. The number of thiophene rings is 1. The third-order valence-electron chi connectivity index (χ3n) is 5.47. The molecule has 0 saturated carbocycles. The maximum atomic E-state index is 13.3. The number of hydrogen-bond acceptors (Lipinski definition) is 7. The molecule has 1 aliphatic rings. The van der Waals surface area contributed by atoms with Crippen molar-refractivity contribution < 1.29 is 17.9 Å². The van der Waals surface area contributed by atoms with Crippen molar-refractivity contribution in [3.63, 3.8) is 0 Å². The van der Waals surface area contributed by atoms with E-state index < -0.39 is 22.0 Å². The van der Waals surface area contributed by atoms with E-state index in [-0.39, 0.29) is 10.8 Å². The molecule has 4 rings (SSSR count). The molecule has 3 aromatic rings. The van der Waals surface area contributed by atoms with Gasteiger partial charge in [0.1, 0.15) is 10.3 Å². The first-order valence-electron chi connectivity index (χ1n) is 10.4. The van der Waals surface area contributed by atoms with Gasteiger partial charge in [-0.2, -0.15) is 9.30 Å². The highest BCUT2D eigenvalue weighted by Crippen LogP contribution is 2.32. The number of thioether (sulfide) groups is 1. The van der Waals surface area contributed by atoms with Gasteiger partial charge in [0, 0.05) is 25.1 Å². The fraction of sp³-hybridized carbons (Fsp3) is 0.429. The highest BCUT2D eigenvalue weighted by Gasteiger charge is 2.38. The van der Waals surface area contributed by atoms with E-state index in [1.54, 1.807) is 24.9 Å². The topological polar surface area (TPSA) is 81.0 Å². The van der Waals surface area contributed by atoms with E-state index in [4.69, 9.17) is 16.3 Å². The highest BCUT2D eigenvalue weighted by atomic mass is 35.5. The van der Waals surface area contributed by atoms with Crippen LogP contribution in [0.1, 0.15) is 19.3 Å². The average Bonchev–Trinajstić information content (AvgIpc) is 3.40. The maximum Gasteiger partial charge on any atom is 0.266 e. The predicted octanol–water partition coefficient (Wildman–Crippen LogP) is 4.46. The van der Waals surface area contributed by atoms with Crippen LogP contribution in [0.3, 0.4) is 0 Å². The number of benzene rings is 1. The molecule has 0 N–H and O–H groups in total. The van der Waals surface area contributed by atoms with Gasteiger partial charge in [0.15, 0.2) is 4.80 Å². The van der Waals surface area contributed by atoms with Gasteiger partial charge in [-0.15, -0.1) is 23.1 Å². The number of carbonyl (C=O) groups is 1. The molecule has 1 saturated heterocycles. The third kappa shape index (κ3) is 5.24. The molecule has 1 aliphatic heterocycles. The van der Waals surface area contributed by atoms with E-state index in [1.165, 1.54) is 21.7 Å². The molecule has 1 fully saturated rings. The quantitative estimate of drug-likeness (QED) is 0.409. The van der Waals surface area contributed by atoms with Crippen molar-refractivity contribution in [2.75, 3.05) is 26.5 Å². The van der Waals surface area contributed by atoms with Crippen molar-refractivity contribution in [1.29, 1.82) is 0 Å². The lowest BCUT2D eigenvalue weighted by Crippen LogP contribution is -2.47. The number of aromatic nitrogens is 1. The van der Waals surface area contributed by atoms with Crippen molar-refractivity contribution in [3.8, 4) is 0 Å². The number of ether oxygens (including phenoxy) is 1. The van der Waals surface area contributed by atoms with Crippen molar-refractivity contribution in [2.45, 2.75) is 41.0 Å². The Morgan fingerprint density at radius 3 is 2.79 bits per heavy atom. The Hall–Kier alpha value is -1.21. The summed E-state index contributed by atoms with van der Waals surface area (Å²) < 4.78 is 36.6. The van der Waals surface area contributed by atoms with E-state index >= 15 is 0 Å². The van der Waals surface area contributed by atoms with E-state index in [1.807, 2.05) is 23.0 Å². The van der Waals surface area contributed by atoms with Gasteiger partial charge < -0.3 is 9.30 Å². The Bertz CT molecular complexity index is 1330. The molecular formula is C21H24ClN3O4S4. The number of rotatable bonds is 7. The van der Waals surface area contributed by atoms with Crippen LogP contribution in [0.5, 0.6) is 0 Å². The van der Waals surface area contributed by atoms with Gasteiger partial charge >= 0.3 is 0 Å². The number of fused-ring (bicyclic) bond motifs is 1. The molecule has 0 spiro atoms. The Morgan fingerprint density at radius 1 is 1.27 bits per heavy atom. The summed E-state index contributed by atoms with van der Waals surface area (Å²) in [5, 5.41) is 0. The minimum Gasteiger partial charge on any atom is -0.383 e. The normalized spacial score (nSPS) is 18.3. The largest absolute Gasteiger partial charge is 0.383 e. The lowest BCUT2D eigenvalue weighted by atomic mass is 10.0. The van der Waals surface area contributed by atoms with Crippen LogP contribution in [0.2, 0.25) is 4.34 Å². The molecule has 3 heterocycles. The zero-order chi connectivity index (χ0) is 23.6. The summed E-state index contributed by atoms with van der Waals surface area (Å²) in [6.45, 7) is 1.30. The molecule has 33 heavy (non-hydrogen) atoms. The molecule has 178 valence electrons. The Morgan fingerprint density at radius 2 is 2.09 bits per heavy atom. The minimum atomic E-state index is -3.83. The number of piperidine rings is 1. The molecule has 0 bridgehead atoms. The third-order valence-corrected chi connectivity index (χ3v) is 10.8. The van der Waals surface area contributed by atoms with Crippen LogP contribution in [0, 0.1) is 0 Å². The molecule has 2 aromatic heterocycles. The summed E-state index contributed by atoms with van der Waals surface area (Å²) in [5.74, 6) is -0.441. The highest BCUT2D eigenvalue weighted by molar-refractivity contribution is 7.98. The number of hydrogen-bond donors (Lipinski definition) is 0. The van der Waals surface area contributed by atoms with Crippen LogP contribution in [0.15, 0.2) is 44.4 Å². The molecule has 0 aliphatic carbocycles. The minimum absolute atomic E-state index is 0.147. The van der Waals surface area contributed by atoms with Crippen LogP contribution in [0.4, 0.5) is 0 Å². The van der Waals surface area contributed by atoms with Gasteiger partial charge in [-0.3, -0.25) is 4.79 Å². The van der Waals surface area contributed by atoms with Crippen LogP contribution in [0.25, 0.3) is 10.2 Å². The summed E-state index contributed by atoms with van der Waals surface area (Å²) in [4.78, 5) is 19.5. The first-order chi connectivity index (χ1) is 15.8. The van der Waals surface area contributed by atoms with E-state index in [9.17, 15) is 13.2 Å². The second kappa shape index (κ2) is 10.6. The Labute approximate surface area is 210 Å². The number of nitrogens with zero attached hydrogens (tertiary/aromatic N) is 3. The molecule has 1 atom stereocenters. The monoisotopic (exact) mass is 545 g/mol. The van der Waals surface area contributed by atoms with Gasteiger partial charge in [0.05, 0.1) is 21.2 Å². The number of thiazole rings is 1. The Balaban J connectivity index is 1.74.